The van der Waals surface area contributed by atoms with Crippen LogP contribution in [0, 0.1) is 33.0 Å². The first-order chi connectivity index (χ1) is 8.07. The lowest BCUT2D eigenvalue weighted by Crippen LogP contribution is -2.54. The molecule has 0 aliphatic heterocycles. The molecule has 0 unspecified atom stereocenters. The van der Waals surface area contributed by atoms with Crippen molar-refractivity contribution >= 4 is 0 Å². The summed E-state index contributed by atoms with van der Waals surface area (Å²) in [5, 5.41) is 0. The lowest BCUT2D eigenvalue weighted by Gasteiger charge is -2.61. The van der Waals surface area contributed by atoms with Gasteiger partial charge in [0.15, 0.2) is 0 Å². The van der Waals surface area contributed by atoms with Crippen LogP contribution < -0.4 is 0 Å². The topological polar surface area (TPSA) is 0 Å². The molecule has 0 radical (unpaired) electrons. The third kappa shape index (κ3) is 2.61. The Morgan fingerprint density at radius 3 is 1.11 bits per heavy atom. The number of rotatable bonds is 0. The Kier molecular flexibility index (Phi) is 3.81. The zero-order valence-corrected chi connectivity index (χ0v) is 15.5. The van der Waals surface area contributed by atoms with Crippen molar-refractivity contribution in [2.24, 2.45) is 33.0 Å². The molecule has 0 aromatic rings. The van der Waals surface area contributed by atoms with Gasteiger partial charge in [0.1, 0.15) is 0 Å². The van der Waals surface area contributed by atoms with E-state index in [1.165, 1.54) is 12.8 Å². The molecule has 0 aromatic heterocycles. The molecule has 0 heterocycles. The smallest absolute Gasteiger partial charge is 0.0272 e. The van der Waals surface area contributed by atoms with Crippen molar-refractivity contribution in [1.82, 2.24) is 0 Å². The maximum absolute atomic E-state index is 2.50. The molecule has 0 N–H and O–H groups in total. The zero-order chi connectivity index (χ0) is 15.5. The van der Waals surface area contributed by atoms with Crippen LogP contribution in [0.4, 0.5) is 0 Å². The Morgan fingerprint density at radius 1 is 0.579 bits per heavy atom. The zero-order valence-electron chi connectivity index (χ0n) is 15.5. The van der Waals surface area contributed by atoms with E-state index in [-0.39, 0.29) is 0 Å². The van der Waals surface area contributed by atoms with Crippen LogP contribution in [0.25, 0.3) is 0 Å². The van der Waals surface area contributed by atoms with Crippen molar-refractivity contribution in [3.63, 3.8) is 0 Å². The number of hydrogen-bond acceptors (Lipinski definition) is 0. The minimum absolute atomic E-state index is 0.353. The van der Waals surface area contributed by atoms with Crippen molar-refractivity contribution in [2.45, 2.75) is 89.0 Å². The Bertz CT molecular complexity index is 307. The maximum Gasteiger partial charge on any atom is -0.0272 e. The van der Waals surface area contributed by atoms with Crippen LogP contribution in [-0.4, -0.2) is 0 Å². The lowest BCUT2D eigenvalue weighted by atomic mass is 9.43. The molecule has 0 saturated heterocycles. The molecule has 114 valence electrons. The summed E-state index contributed by atoms with van der Waals surface area (Å²) in [6.45, 7) is 27.4. The van der Waals surface area contributed by atoms with Gasteiger partial charge in [-0.15, -0.1) is 0 Å². The van der Waals surface area contributed by atoms with Crippen LogP contribution in [0.15, 0.2) is 0 Å². The van der Waals surface area contributed by atoms with E-state index in [1.807, 2.05) is 0 Å². The quantitative estimate of drug-likeness (QED) is 0.466. The van der Waals surface area contributed by atoms with Gasteiger partial charge in [-0.25, -0.2) is 0 Å². The van der Waals surface area contributed by atoms with E-state index in [2.05, 4.69) is 76.2 Å². The van der Waals surface area contributed by atoms with Crippen LogP contribution in [0.5, 0.6) is 0 Å². The second kappa shape index (κ2) is 4.25. The first kappa shape index (κ1) is 17.1. The third-order valence-corrected chi connectivity index (χ3v) is 7.49. The normalized spacial score (nSPS) is 32.4. The Hall–Kier alpha value is 0. The second-order valence-corrected chi connectivity index (χ2v) is 10.5. The highest BCUT2D eigenvalue weighted by Crippen LogP contribution is 2.64. The molecule has 0 heteroatoms. The summed E-state index contributed by atoms with van der Waals surface area (Å²) in [6.07, 6.45) is 2.63. The van der Waals surface area contributed by atoms with Gasteiger partial charge in [-0.3, -0.25) is 0 Å². The van der Waals surface area contributed by atoms with Crippen molar-refractivity contribution in [2.75, 3.05) is 0 Å². The van der Waals surface area contributed by atoms with Crippen LogP contribution in [0.3, 0.4) is 0 Å². The van der Waals surface area contributed by atoms with E-state index in [4.69, 9.17) is 0 Å². The van der Waals surface area contributed by atoms with Crippen LogP contribution >= 0.6 is 0 Å². The van der Waals surface area contributed by atoms with Gasteiger partial charge in [-0.05, 0) is 45.8 Å². The molecule has 1 aliphatic rings. The minimum Gasteiger partial charge on any atom is -0.0614 e. The molecular weight excluding hydrogens is 228 g/mol. The Balaban J connectivity index is 3.42. The summed E-state index contributed by atoms with van der Waals surface area (Å²) in [7, 11) is 0. The van der Waals surface area contributed by atoms with E-state index < -0.39 is 0 Å². The monoisotopic (exact) mass is 266 g/mol. The summed E-state index contributed by atoms with van der Waals surface area (Å²) >= 11 is 0. The summed E-state index contributed by atoms with van der Waals surface area (Å²) in [5.41, 5.74) is 1.88. The Morgan fingerprint density at radius 2 is 0.842 bits per heavy atom. The largest absolute Gasteiger partial charge is 0.0614 e. The fourth-order valence-corrected chi connectivity index (χ4v) is 4.99. The first-order valence-electron chi connectivity index (χ1n) is 8.07. The van der Waals surface area contributed by atoms with E-state index in [0.717, 1.165) is 0 Å². The van der Waals surface area contributed by atoms with E-state index in [0.29, 0.717) is 33.0 Å². The highest BCUT2D eigenvalue weighted by atomic mass is 14.6. The van der Waals surface area contributed by atoms with Gasteiger partial charge < -0.3 is 0 Å². The molecule has 0 aromatic carbocycles. The van der Waals surface area contributed by atoms with Gasteiger partial charge in [-0.1, -0.05) is 76.2 Å². The van der Waals surface area contributed by atoms with Crippen molar-refractivity contribution in [3.8, 4) is 0 Å². The van der Waals surface area contributed by atoms with Crippen molar-refractivity contribution in [1.29, 1.82) is 0 Å². The lowest BCUT2D eigenvalue weighted by molar-refractivity contribution is -0.124. The third-order valence-electron chi connectivity index (χ3n) is 7.49. The van der Waals surface area contributed by atoms with Crippen LogP contribution in [0.1, 0.15) is 89.0 Å². The Labute approximate surface area is 122 Å². The highest BCUT2D eigenvalue weighted by Gasteiger charge is 2.55. The molecule has 1 saturated carbocycles. The predicted octanol–water partition coefficient (Wildman–Crippen LogP) is 6.55. The maximum atomic E-state index is 2.50. The molecule has 0 nitrogen and oxygen atoms in total. The molecular formula is C19H38. The van der Waals surface area contributed by atoms with E-state index in [1.54, 1.807) is 0 Å². The van der Waals surface area contributed by atoms with E-state index >= 15 is 0 Å². The van der Waals surface area contributed by atoms with Gasteiger partial charge in [0.25, 0.3) is 0 Å². The summed E-state index contributed by atoms with van der Waals surface area (Å²) < 4.78 is 0. The van der Waals surface area contributed by atoms with Crippen molar-refractivity contribution in [3.05, 3.63) is 0 Å². The molecule has 0 spiro atoms. The van der Waals surface area contributed by atoms with Crippen LogP contribution in [0.2, 0.25) is 0 Å². The van der Waals surface area contributed by atoms with Crippen LogP contribution in [-0.2, 0) is 0 Å². The predicted molar refractivity (Wildman–Crippen MR) is 87.3 cm³/mol. The van der Waals surface area contributed by atoms with Gasteiger partial charge in [0.2, 0.25) is 0 Å². The molecule has 1 aliphatic carbocycles. The fourth-order valence-electron chi connectivity index (χ4n) is 4.99. The minimum atomic E-state index is 0.353. The second-order valence-electron chi connectivity index (χ2n) is 10.5. The number of hydrogen-bond donors (Lipinski definition) is 0. The SMILES string of the molecule is CC1C(C)(C)C(C)(C)CC(C)(C)CC(C)(C)C1(C)C. The summed E-state index contributed by atoms with van der Waals surface area (Å²) in [6, 6.07) is 0. The summed E-state index contributed by atoms with van der Waals surface area (Å²) in [4.78, 5) is 0. The molecule has 1 rings (SSSR count). The van der Waals surface area contributed by atoms with Gasteiger partial charge in [0.05, 0.1) is 0 Å². The van der Waals surface area contributed by atoms with Gasteiger partial charge in [0, 0.05) is 0 Å². The summed E-state index contributed by atoms with van der Waals surface area (Å²) in [5.74, 6) is 0.709. The molecule has 0 atom stereocenters. The molecule has 19 heavy (non-hydrogen) atoms. The standard InChI is InChI=1S/C19H38/c1-14-18(8,9)16(4,5)12-15(2,3)13-17(6,7)19(14,10)11/h14H,12-13H2,1-11H3. The average Bonchev–Trinajstić information content (AvgIpc) is 2.10. The highest BCUT2D eigenvalue weighted by molar-refractivity contribution is 5.05. The van der Waals surface area contributed by atoms with Crippen molar-refractivity contribution < 1.29 is 0 Å². The average molecular weight is 267 g/mol. The van der Waals surface area contributed by atoms with E-state index in [9.17, 15) is 0 Å². The van der Waals surface area contributed by atoms with Gasteiger partial charge >= 0.3 is 0 Å². The first-order valence-corrected chi connectivity index (χ1v) is 8.07. The molecule has 0 amide bonds. The van der Waals surface area contributed by atoms with Gasteiger partial charge in [-0.2, -0.15) is 0 Å². The molecule has 0 bridgehead atoms. The fraction of sp³-hybridized carbons (Fsp3) is 1.00. The molecule has 1 fully saturated rings.